The fourth-order valence-corrected chi connectivity index (χ4v) is 4.09. The number of carbonyl (C=O) groups is 1. The van der Waals surface area contributed by atoms with Gasteiger partial charge in [-0.15, -0.1) is 0 Å². The molecule has 3 rings (SSSR count). The monoisotopic (exact) mass is 389 g/mol. The van der Waals surface area contributed by atoms with Crippen molar-refractivity contribution < 1.29 is 17.9 Å². The SMILES string of the molecule is COC(=O)C(NS(=O)(=O)c1ccc2c(c1)n(C)c(=O)n2C)c1ccccc1. The summed E-state index contributed by atoms with van der Waals surface area (Å²) in [5, 5.41) is 0. The van der Waals surface area contributed by atoms with Gasteiger partial charge >= 0.3 is 11.7 Å². The second-order valence-electron chi connectivity index (χ2n) is 6.04. The van der Waals surface area contributed by atoms with Crippen molar-refractivity contribution in [3.05, 3.63) is 64.6 Å². The third-order valence-electron chi connectivity index (χ3n) is 4.40. The van der Waals surface area contributed by atoms with E-state index in [2.05, 4.69) is 4.72 Å². The Morgan fingerprint density at radius 2 is 1.67 bits per heavy atom. The van der Waals surface area contributed by atoms with Crippen LogP contribution in [0.2, 0.25) is 0 Å². The van der Waals surface area contributed by atoms with Gasteiger partial charge in [-0.3, -0.25) is 9.13 Å². The van der Waals surface area contributed by atoms with E-state index in [0.717, 1.165) is 0 Å². The van der Waals surface area contributed by atoms with Crippen molar-refractivity contribution in [1.29, 1.82) is 0 Å². The molecule has 0 fully saturated rings. The van der Waals surface area contributed by atoms with Gasteiger partial charge in [0.15, 0.2) is 0 Å². The Morgan fingerprint density at radius 1 is 1.04 bits per heavy atom. The number of nitrogens with one attached hydrogen (secondary N) is 1. The van der Waals surface area contributed by atoms with Crippen molar-refractivity contribution in [2.75, 3.05) is 7.11 Å². The van der Waals surface area contributed by atoms with Crippen LogP contribution in [-0.2, 0) is 33.7 Å². The average molecular weight is 389 g/mol. The molecule has 1 heterocycles. The first-order valence-corrected chi connectivity index (χ1v) is 9.55. The fraction of sp³-hybridized carbons (Fsp3) is 0.222. The molecule has 0 saturated carbocycles. The first kappa shape index (κ1) is 18.9. The Morgan fingerprint density at radius 3 is 2.30 bits per heavy atom. The lowest BCUT2D eigenvalue weighted by atomic mass is 10.1. The van der Waals surface area contributed by atoms with Crippen molar-refractivity contribution in [1.82, 2.24) is 13.9 Å². The summed E-state index contributed by atoms with van der Waals surface area (Å²) in [5.41, 5.74) is 1.28. The summed E-state index contributed by atoms with van der Waals surface area (Å²) in [5.74, 6) is -0.724. The minimum atomic E-state index is -4.05. The normalized spacial score (nSPS) is 12.9. The molecule has 0 saturated heterocycles. The standard InChI is InChI=1S/C18H19N3O5S/c1-20-14-10-9-13(11-15(14)21(2)18(20)23)27(24,25)19-16(17(22)26-3)12-7-5-4-6-8-12/h4-11,16,19H,1-3H3. The Kier molecular flexibility index (Phi) is 4.90. The van der Waals surface area contributed by atoms with Crippen LogP contribution < -0.4 is 10.4 Å². The first-order chi connectivity index (χ1) is 12.8. The molecule has 2 aromatic carbocycles. The number of methoxy groups -OCH3 is 1. The van der Waals surface area contributed by atoms with Crippen molar-refractivity contribution in [3.63, 3.8) is 0 Å². The van der Waals surface area contributed by atoms with Crippen LogP contribution in [-0.4, -0.2) is 30.6 Å². The predicted octanol–water partition coefficient (Wildman–Crippen LogP) is 1.07. The van der Waals surface area contributed by atoms with Gasteiger partial charge in [0, 0.05) is 14.1 Å². The highest BCUT2D eigenvalue weighted by atomic mass is 32.2. The Balaban J connectivity index is 2.05. The molecular weight excluding hydrogens is 370 g/mol. The number of ether oxygens (including phenoxy) is 1. The molecule has 1 N–H and O–H groups in total. The van der Waals surface area contributed by atoms with Gasteiger partial charge in [0.1, 0.15) is 6.04 Å². The summed E-state index contributed by atoms with van der Waals surface area (Å²) < 4.78 is 35.7. The maximum atomic E-state index is 12.9. The lowest BCUT2D eigenvalue weighted by Crippen LogP contribution is -2.34. The van der Waals surface area contributed by atoms with Crippen molar-refractivity contribution >= 4 is 27.0 Å². The summed E-state index contributed by atoms with van der Waals surface area (Å²) in [6, 6.07) is 11.6. The van der Waals surface area contributed by atoms with Crippen LogP contribution in [0.4, 0.5) is 0 Å². The lowest BCUT2D eigenvalue weighted by molar-refractivity contribution is -0.142. The van der Waals surface area contributed by atoms with Gasteiger partial charge < -0.3 is 4.74 Å². The summed E-state index contributed by atoms with van der Waals surface area (Å²) in [6.45, 7) is 0. The van der Waals surface area contributed by atoms with Crippen LogP contribution in [0.3, 0.4) is 0 Å². The average Bonchev–Trinajstić information content (AvgIpc) is 2.90. The largest absolute Gasteiger partial charge is 0.468 e. The third-order valence-corrected chi connectivity index (χ3v) is 5.82. The zero-order valence-corrected chi connectivity index (χ0v) is 15.9. The molecule has 0 aliphatic rings. The molecule has 142 valence electrons. The second kappa shape index (κ2) is 7.01. The van der Waals surface area contributed by atoms with Crippen molar-refractivity contribution in [2.45, 2.75) is 10.9 Å². The highest BCUT2D eigenvalue weighted by molar-refractivity contribution is 7.89. The molecule has 0 amide bonds. The molecule has 0 bridgehead atoms. The summed E-state index contributed by atoms with van der Waals surface area (Å²) >= 11 is 0. The van der Waals surface area contributed by atoms with E-state index in [1.54, 1.807) is 50.5 Å². The number of aryl methyl sites for hydroxylation is 2. The molecule has 0 spiro atoms. The van der Waals surface area contributed by atoms with Crippen LogP contribution in [0.25, 0.3) is 11.0 Å². The molecule has 0 radical (unpaired) electrons. The number of sulfonamides is 1. The molecular formula is C18H19N3O5S. The highest BCUT2D eigenvalue weighted by Gasteiger charge is 2.28. The number of nitrogens with zero attached hydrogens (tertiary/aromatic N) is 2. The van der Waals surface area contributed by atoms with E-state index in [0.29, 0.717) is 16.6 Å². The maximum absolute atomic E-state index is 12.9. The fourth-order valence-electron chi connectivity index (χ4n) is 2.89. The predicted molar refractivity (Wildman–Crippen MR) is 99.7 cm³/mol. The van der Waals surface area contributed by atoms with E-state index >= 15 is 0 Å². The number of hydrogen-bond donors (Lipinski definition) is 1. The highest BCUT2D eigenvalue weighted by Crippen LogP contribution is 2.21. The number of aromatic nitrogens is 2. The number of rotatable bonds is 5. The summed E-state index contributed by atoms with van der Waals surface area (Å²) in [4.78, 5) is 24.1. The van der Waals surface area contributed by atoms with Gasteiger partial charge in [-0.05, 0) is 23.8 Å². The zero-order valence-electron chi connectivity index (χ0n) is 15.0. The minimum Gasteiger partial charge on any atom is -0.468 e. The number of benzene rings is 2. The quantitative estimate of drug-likeness (QED) is 0.658. The van der Waals surface area contributed by atoms with Gasteiger partial charge in [-0.1, -0.05) is 30.3 Å². The number of esters is 1. The van der Waals surface area contributed by atoms with E-state index in [-0.39, 0.29) is 10.6 Å². The molecule has 27 heavy (non-hydrogen) atoms. The number of imidazole rings is 1. The number of fused-ring (bicyclic) bond motifs is 1. The molecule has 1 aromatic heterocycles. The molecule has 3 aromatic rings. The second-order valence-corrected chi connectivity index (χ2v) is 7.75. The van der Waals surface area contributed by atoms with Crippen LogP contribution in [0.1, 0.15) is 11.6 Å². The number of hydrogen-bond acceptors (Lipinski definition) is 5. The van der Waals surface area contributed by atoms with Crippen LogP contribution in [0, 0.1) is 0 Å². The van der Waals surface area contributed by atoms with Crippen LogP contribution in [0.5, 0.6) is 0 Å². The summed E-state index contributed by atoms with van der Waals surface area (Å²) in [6.07, 6.45) is 0. The van der Waals surface area contributed by atoms with E-state index in [1.807, 2.05) is 0 Å². The van der Waals surface area contributed by atoms with Gasteiger partial charge in [0.05, 0.1) is 23.0 Å². The Labute approximate surface area is 156 Å². The molecule has 8 nitrogen and oxygen atoms in total. The Bertz CT molecular complexity index is 1160. The Hall–Kier alpha value is -2.91. The summed E-state index contributed by atoms with van der Waals surface area (Å²) in [7, 11) is 0.319. The first-order valence-electron chi connectivity index (χ1n) is 8.07. The number of carbonyl (C=O) groups excluding carboxylic acids is 1. The van der Waals surface area contributed by atoms with E-state index in [9.17, 15) is 18.0 Å². The molecule has 0 aliphatic heterocycles. The van der Waals surface area contributed by atoms with E-state index < -0.39 is 22.0 Å². The topological polar surface area (TPSA) is 99.4 Å². The molecule has 9 heteroatoms. The van der Waals surface area contributed by atoms with E-state index in [4.69, 9.17) is 4.74 Å². The smallest absolute Gasteiger partial charge is 0.328 e. The van der Waals surface area contributed by atoms with Crippen molar-refractivity contribution in [2.24, 2.45) is 14.1 Å². The lowest BCUT2D eigenvalue weighted by Gasteiger charge is -2.17. The van der Waals surface area contributed by atoms with Gasteiger partial charge in [-0.2, -0.15) is 4.72 Å². The maximum Gasteiger partial charge on any atom is 0.328 e. The van der Waals surface area contributed by atoms with Gasteiger partial charge in [-0.25, -0.2) is 18.0 Å². The van der Waals surface area contributed by atoms with Crippen LogP contribution in [0.15, 0.2) is 58.2 Å². The minimum absolute atomic E-state index is 0.0546. The molecule has 1 atom stereocenters. The third kappa shape index (κ3) is 3.38. The van der Waals surface area contributed by atoms with Gasteiger partial charge in [0.25, 0.3) is 0 Å². The van der Waals surface area contributed by atoms with Gasteiger partial charge in [0.2, 0.25) is 10.0 Å². The molecule has 0 aliphatic carbocycles. The molecule has 1 unspecified atom stereocenters. The van der Waals surface area contributed by atoms with Crippen molar-refractivity contribution in [3.8, 4) is 0 Å². The van der Waals surface area contributed by atoms with E-state index in [1.165, 1.54) is 28.4 Å². The zero-order chi connectivity index (χ0) is 19.8. The van der Waals surface area contributed by atoms with Crippen LogP contribution >= 0.6 is 0 Å².